The van der Waals surface area contributed by atoms with E-state index in [4.69, 9.17) is 9.47 Å². The number of rotatable bonds is 3. The monoisotopic (exact) mass is 222 g/mol. The van der Waals surface area contributed by atoms with Crippen molar-refractivity contribution in [1.82, 2.24) is 0 Å². The highest BCUT2D eigenvalue weighted by Gasteiger charge is 2.15. The lowest BCUT2D eigenvalue weighted by atomic mass is 9.98. The summed E-state index contributed by atoms with van der Waals surface area (Å²) in [5.74, 6) is 1.40. The lowest BCUT2D eigenvalue weighted by Gasteiger charge is -2.23. The van der Waals surface area contributed by atoms with E-state index < -0.39 is 0 Å². The van der Waals surface area contributed by atoms with Gasteiger partial charge in [-0.3, -0.25) is 0 Å². The van der Waals surface area contributed by atoms with E-state index in [0.717, 1.165) is 18.6 Å². The zero-order valence-electron chi connectivity index (χ0n) is 9.61. The fourth-order valence-corrected chi connectivity index (χ4v) is 2.11. The number of hydrogen-bond donors (Lipinski definition) is 1. The zero-order chi connectivity index (χ0) is 11.4. The highest BCUT2D eigenvalue weighted by molar-refractivity contribution is 5.44. The number of phenols is 1. The molecule has 1 saturated carbocycles. The SMILES string of the molecule is COc1cc(OC2CCCCC2)ccc1O. The fraction of sp³-hybridized carbons (Fsp3) is 0.538. The van der Waals surface area contributed by atoms with E-state index in [-0.39, 0.29) is 5.75 Å². The second kappa shape index (κ2) is 5.10. The minimum Gasteiger partial charge on any atom is -0.504 e. The van der Waals surface area contributed by atoms with Crippen LogP contribution in [0, 0.1) is 0 Å². The molecule has 3 heteroatoms. The Kier molecular flexibility index (Phi) is 3.54. The maximum Gasteiger partial charge on any atom is 0.164 e. The van der Waals surface area contributed by atoms with Gasteiger partial charge in [0.2, 0.25) is 0 Å². The molecule has 0 atom stereocenters. The molecule has 0 spiro atoms. The summed E-state index contributed by atoms with van der Waals surface area (Å²) < 4.78 is 10.9. The average molecular weight is 222 g/mol. The summed E-state index contributed by atoms with van der Waals surface area (Å²) in [6, 6.07) is 5.13. The van der Waals surface area contributed by atoms with Crippen molar-refractivity contribution in [3.05, 3.63) is 18.2 Å². The van der Waals surface area contributed by atoms with E-state index in [1.807, 2.05) is 0 Å². The van der Waals surface area contributed by atoms with Crippen molar-refractivity contribution in [3.63, 3.8) is 0 Å². The second-order valence-corrected chi connectivity index (χ2v) is 4.21. The minimum atomic E-state index is 0.151. The first-order chi connectivity index (χ1) is 7.79. The van der Waals surface area contributed by atoms with Gasteiger partial charge in [0.1, 0.15) is 5.75 Å². The summed E-state index contributed by atoms with van der Waals surface area (Å²) in [5.41, 5.74) is 0. The quantitative estimate of drug-likeness (QED) is 0.854. The Hall–Kier alpha value is -1.38. The maximum absolute atomic E-state index is 9.46. The summed E-state index contributed by atoms with van der Waals surface area (Å²) in [4.78, 5) is 0. The van der Waals surface area contributed by atoms with E-state index in [1.54, 1.807) is 25.3 Å². The number of aromatic hydroxyl groups is 1. The Labute approximate surface area is 96.0 Å². The molecule has 1 aliphatic rings. The third-order valence-electron chi connectivity index (χ3n) is 3.01. The Morgan fingerprint density at radius 1 is 1.19 bits per heavy atom. The molecule has 16 heavy (non-hydrogen) atoms. The number of ether oxygens (including phenoxy) is 2. The fourth-order valence-electron chi connectivity index (χ4n) is 2.11. The van der Waals surface area contributed by atoms with Crippen LogP contribution in [0.4, 0.5) is 0 Å². The molecule has 0 radical (unpaired) electrons. The second-order valence-electron chi connectivity index (χ2n) is 4.21. The van der Waals surface area contributed by atoms with Crippen LogP contribution < -0.4 is 9.47 Å². The van der Waals surface area contributed by atoms with Crippen molar-refractivity contribution in [2.45, 2.75) is 38.2 Å². The topological polar surface area (TPSA) is 38.7 Å². The van der Waals surface area contributed by atoms with Crippen molar-refractivity contribution in [2.75, 3.05) is 7.11 Å². The molecule has 1 fully saturated rings. The van der Waals surface area contributed by atoms with Crippen molar-refractivity contribution in [3.8, 4) is 17.2 Å². The molecular weight excluding hydrogens is 204 g/mol. The number of hydrogen-bond acceptors (Lipinski definition) is 3. The predicted octanol–water partition coefficient (Wildman–Crippen LogP) is 3.11. The van der Waals surface area contributed by atoms with Crippen molar-refractivity contribution in [1.29, 1.82) is 0 Å². The summed E-state index contributed by atoms with van der Waals surface area (Å²) in [7, 11) is 1.54. The van der Waals surface area contributed by atoms with E-state index in [9.17, 15) is 5.11 Å². The van der Waals surface area contributed by atoms with Gasteiger partial charge in [-0.05, 0) is 37.8 Å². The molecule has 0 saturated heterocycles. The summed E-state index contributed by atoms with van der Waals surface area (Å²) >= 11 is 0. The Balaban J connectivity index is 2.03. The molecule has 3 nitrogen and oxygen atoms in total. The molecule has 88 valence electrons. The Bertz CT molecular complexity index is 343. The van der Waals surface area contributed by atoms with Crippen LogP contribution in [0.5, 0.6) is 17.2 Å². The lowest BCUT2D eigenvalue weighted by Crippen LogP contribution is -2.19. The van der Waals surface area contributed by atoms with Crippen molar-refractivity contribution < 1.29 is 14.6 Å². The van der Waals surface area contributed by atoms with Gasteiger partial charge in [-0.1, -0.05) is 6.42 Å². The molecule has 2 rings (SSSR count). The van der Waals surface area contributed by atoms with Gasteiger partial charge in [0, 0.05) is 6.07 Å². The molecule has 1 N–H and O–H groups in total. The predicted molar refractivity (Wildman–Crippen MR) is 62.2 cm³/mol. The first-order valence-electron chi connectivity index (χ1n) is 5.83. The highest BCUT2D eigenvalue weighted by atomic mass is 16.5. The van der Waals surface area contributed by atoms with Crippen LogP contribution >= 0.6 is 0 Å². The standard InChI is InChI=1S/C13H18O3/c1-15-13-9-11(7-8-12(13)14)16-10-5-3-2-4-6-10/h7-10,14H,2-6H2,1H3. The van der Waals surface area contributed by atoms with Crippen LogP contribution in [0.15, 0.2) is 18.2 Å². The zero-order valence-corrected chi connectivity index (χ0v) is 9.61. The maximum atomic E-state index is 9.46. The molecule has 0 heterocycles. The van der Waals surface area contributed by atoms with Gasteiger partial charge in [-0.15, -0.1) is 0 Å². The summed E-state index contributed by atoms with van der Waals surface area (Å²) in [5, 5.41) is 9.46. The van der Waals surface area contributed by atoms with E-state index in [1.165, 1.54) is 19.3 Å². The summed E-state index contributed by atoms with van der Waals surface area (Å²) in [6.45, 7) is 0. The van der Waals surface area contributed by atoms with E-state index in [0.29, 0.717) is 11.9 Å². The molecule has 0 aliphatic heterocycles. The van der Waals surface area contributed by atoms with Crippen LogP contribution in [-0.4, -0.2) is 18.3 Å². The Morgan fingerprint density at radius 2 is 1.94 bits per heavy atom. The van der Waals surface area contributed by atoms with Crippen LogP contribution in [0.25, 0.3) is 0 Å². The molecule has 1 aliphatic carbocycles. The van der Waals surface area contributed by atoms with Gasteiger partial charge < -0.3 is 14.6 Å². The molecule has 0 amide bonds. The van der Waals surface area contributed by atoms with Gasteiger partial charge in [0.05, 0.1) is 13.2 Å². The van der Waals surface area contributed by atoms with Crippen LogP contribution in [0.2, 0.25) is 0 Å². The lowest BCUT2D eigenvalue weighted by molar-refractivity contribution is 0.154. The van der Waals surface area contributed by atoms with Gasteiger partial charge >= 0.3 is 0 Å². The third-order valence-corrected chi connectivity index (χ3v) is 3.01. The number of methoxy groups -OCH3 is 1. The Morgan fingerprint density at radius 3 is 2.62 bits per heavy atom. The van der Waals surface area contributed by atoms with E-state index >= 15 is 0 Å². The van der Waals surface area contributed by atoms with Crippen LogP contribution in [-0.2, 0) is 0 Å². The molecule has 1 aromatic rings. The summed E-state index contributed by atoms with van der Waals surface area (Å²) in [6.07, 6.45) is 6.40. The van der Waals surface area contributed by atoms with Crippen molar-refractivity contribution >= 4 is 0 Å². The molecule has 0 bridgehead atoms. The smallest absolute Gasteiger partial charge is 0.164 e. The van der Waals surface area contributed by atoms with Crippen LogP contribution in [0.3, 0.4) is 0 Å². The number of phenolic OH excluding ortho intramolecular Hbond substituents is 1. The van der Waals surface area contributed by atoms with Gasteiger partial charge in [0.15, 0.2) is 11.5 Å². The molecule has 1 aromatic carbocycles. The first kappa shape index (κ1) is 11.1. The third kappa shape index (κ3) is 2.60. The minimum absolute atomic E-state index is 0.151. The molecular formula is C13H18O3. The largest absolute Gasteiger partial charge is 0.504 e. The van der Waals surface area contributed by atoms with Crippen molar-refractivity contribution in [2.24, 2.45) is 0 Å². The van der Waals surface area contributed by atoms with E-state index in [2.05, 4.69) is 0 Å². The van der Waals surface area contributed by atoms with Gasteiger partial charge in [-0.2, -0.15) is 0 Å². The molecule has 0 aromatic heterocycles. The first-order valence-corrected chi connectivity index (χ1v) is 5.83. The molecule has 0 unspecified atom stereocenters. The van der Waals surface area contributed by atoms with Gasteiger partial charge in [-0.25, -0.2) is 0 Å². The number of benzene rings is 1. The average Bonchev–Trinajstić information content (AvgIpc) is 2.33. The van der Waals surface area contributed by atoms with Crippen LogP contribution in [0.1, 0.15) is 32.1 Å². The highest BCUT2D eigenvalue weighted by Crippen LogP contribution is 2.31. The van der Waals surface area contributed by atoms with Gasteiger partial charge in [0.25, 0.3) is 0 Å². The normalized spacial score (nSPS) is 17.1.